The third-order valence-electron chi connectivity index (χ3n) is 4.12. The van der Waals surface area contributed by atoms with Crippen LogP contribution >= 0.6 is 0 Å². The summed E-state index contributed by atoms with van der Waals surface area (Å²) in [6, 6.07) is 7.02. The Labute approximate surface area is 125 Å². The first-order valence-electron chi connectivity index (χ1n) is 7.50. The molecule has 5 heteroatoms. The summed E-state index contributed by atoms with van der Waals surface area (Å²) in [5.74, 6) is -0.191. The second-order valence-corrected chi connectivity index (χ2v) is 5.52. The fraction of sp³-hybridized carbons (Fsp3) is 0.500. The van der Waals surface area contributed by atoms with E-state index in [0.29, 0.717) is 24.3 Å². The highest BCUT2D eigenvalue weighted by Crippen LogP contribution is 2.30. The molecular formula is C16H23N3O2. The molecular weight excluding hydrogens is 266 g/mol. The molecule has 0 unspecified atom stereocenters. The van der Waals surface area contributed by atoms with Crippen molar-refractivity contribution in [3.63, 3.8) is 0 Å². The van der Waals surface area contributed by atoms with Crippen LogP contribution in [0.2, 0.25) is 0 Å². The molecule has 1 aliphatic rings. The molecule has 1 aliphatic carbocycles. The van der Waals surface area contributed by atoms with E-state index in [2.05, 4.69) is 5.32 Å². The zero-order valence-electron chi connectivity index (χ0n) is 12.7. The molecule has 1 saturated carbocycles. The van der Waals surface area contributed by atoms with Gasteiger partial charge in [0.25, 0.3) is 5.91 Å². The fourth-order valence-corrected chi connectivity index (χ4v) is 2.46. The van der Waals surface area contributed by atoms with Gasteiger partial charge in [0.05, 0.1) is 5.54 Å². The Hall–Kier alpha value is -1.88. The second kappa shape index (κ2) is 6.26. The van der Waals surface area contributed by atoms with E-state index in [1.54, 1.807) is 29.2 Å². The molecule has 2 rings (SSSR count). The van der Waals surface area contributed by atoms with Crippen LogP contribution in [0.3, 0.4) is 0 Å². The van der Waals surface area contributed by atoms with E-state index in [4.69, 9.17) is 5.73 Å². The Bertz CT molecular complexity index is 534. The number of nitrogens with zero attached hydrogens (tertiary/aromatic N) is 1. The van der Waals surface area contributed by atoms with Crippen LogP contribution in [0.25, 0.3) is 0 Å². The summed E-state index contributed by atoms with van der Waals surface area (Å²) in [7, 11) is 0. The maximum Gasteiger partial charge on any atom is 0.253 e. The van der Waals surface area contributed by atoms with Crippen molar-refractivity contribution in [3.8, 4) is 0 Å². The number of benzene rings is 1. The van der Waals surface area contributed by atoms with Gasteiger partial charge in [0, 0.05) is 24.3 Å². The lowest BCUT2D eigenvalue weighted by molar-refractivity contribution is -0.123. The standard InChI is InChI=1S/C16H23N3O2/c1-3-19(4-2)14(20)12-7-5-8-13(11-12)18-15(21)16(17)9-6-10-16/h5,7-8,11H,3-4,6,9-10,17H2,1-2H3,(H,18,21). The van der Waals surface area contributed by atoms with Crippen molar-refractivity contribution in [3.05, 3.63) is 29.8 Å². The van der Waals surface area contributed by atoms with Crippen molar-refractivity contribution >= 4 is 17.5 Å². The molecule has 114 valence electrons. The molecule has 0 aromatic heterocycles. The maximum atomic E-state index is 12.3. The topological polar surface area (TPSA) is 75.4 Å². The number of hydrogen-bond acceptors (Lipinski definition) is 3. The zero-order chi connectivity index (χ0) is 15.5. The molecule has 1 aromatic rings. The van der Waals surface area contributed by atoms with Gasteiger partial charge in [-0.3, -0.25) is 9.59 Å². The number of anilines is 1. The molecule has 3 N–H and O–H groups in total. The highest BCUT2D eigenvalue weighted by atomic mass is 16.2. The summed E-state index contributed by atoms with van der Waals surface area (Å²) >= 11 is 0. The third-order valence-corrected chi connectivity index (χ3v) is 4.12. The molecule has 0 spiro atoms. The van der Waals surface area contributed by atoms with Crippen LogP contribution in [-0.2, 0) is 4.79 Å². The van der Waals surface area contributed by atoms with Crippen molar-refractivity contribution in [1.82, 2.24) is 4.90 Å². The summed E-state index contributed by atoms with van der Waals surface area (Å²) < 4.78 is 0. The molecule has 1 fully saturated rings. The number of carbonyl (C=O) groups excluding carboxylic acids is 2. The van der Waals surface area contributed by atoms with Gasteiger partial charge in [-0.05, 0) is 51.3 Å². The smallest absolute Gasteiger partial charge is 0.253 e. The first kappa shape index (κ1) is 15.5. The largest absolute Gasteiger partial charge is 0.339 e. The average molecular weight is 289 g/mol. The maximum absolute atomic E-state index is 12.3. The van der Waals surface area contributed by atoms with Crippen molar-refractivity contribution in [2.24, 2.45) is 5.73 Å². The molecule has 0 bridgehead atoms. The minimum Gasteiger partial charge on any atom is -0.339 e. The molecule has 21 heavy (non-hydrogen) atoms. The fourth-order valence-electron chi connectivity index (χ4n) is 2.46. The van der Waals surface area contributed by atoms with Gasteiger partial charge in [-0.2, -0.15) is 0 Å². The lowest BCUT2D eigenvalue weighted by Gasteiger charge is -2.36. The number of nitrogens with two attached hydrogens (primary N) is 1. The van der Waals surface area contributed by atoms with Crippen LogP contribution in [-0.4, -0.2) is 35.3 Å². The van der Waals surface area contributed by atoms with Gasteiger partial charge in [-0.1, -0.05) is 6.07 Å². The normalized spacial score (nSPS) is 16.0. The van der Waals surface area contributed by atoms with Gasteiger partial charge < -0.3 is 16.0 Å². The Morgan fingerprint density at radius 2 is 1.95 bits per heavy atom. The SMILES string of the molecule is CCN(CC)C(=O)c1cccc(NC(=O)C2(N)CCC2)c1. The van der Waals surface area contributed by atoms with Crippen LogP contribution < -0.4 is 11.1 Å². The summed E-state index contributed by atoms with van der Waals surface area (Å²) in [4.78, 5) is 26.2. The summed E-state index contributed by atoms with van der Waals surface area (Å²) in [5.41, 5.74) is 6.46. The van der Waals surface area contributed by atoms with Gasteiger partial charge in [0.15, 0.2) is 0 Å². The monoisotopic (exact) mass is 289 g/mol. The lowest BCUT2D eigenvalue weighted by Crippen LogP contribution is -2.56. The van der Waals surface area contributed by atoms with E-state index in [1.807, 2.05) is 13.8 Å². The van der Waals surface area contributed by atoms with Crippen molar-refractivity contribution < 1.29 is 9.59 Å². The predicted octanol–water partition coefficient (Wildman–Crippen LogP) is 1.99. The molecule has 5 nitrogen and oxygen atoms in total. The Kier molecular flexibility index (Phi) is 4.63. The highest BCUT2D eigenvalue weighted by molar-refractivity contribution is 6.00. The van der Waals surface area contributed by atoms with Crippen LogP contribution in [0, 0.1) is 0 Å². The van der Waals surface area contributed by atoms with Gasteiger partial charge in [0.1, 0.15) is 0 Å². The van der Waals surface area contributed by atoms with E-state index in [0.717, 1.165) is 19.3 Å². The van der Waals surface area contributed by atoms with Crippen LogP contribution in [0.4, 0.5) is 5.69 Å². The molecule has 0 atom stereocenters. The van der Waals surface area contributed by atoms with E-state index >= 15 is 0 Å². The first-order chi connectivity index (χ1) is 10.00. The summed E-state index contributed by atoms with van der Waals surface area (Å²) in [6.45, 7) is 5.22. The molecule has 2 amide bonds. The van der Waals surface area contributed by atoms with Crippen LogP contribution in [0.5, 0.6) is 0 Å². The zero-order valence-corrected chi connectivity index (χ0v) is 12.7. The summed E-state index contributed by atoms with van der Waals surface area (Å²) in [6.07, 6.45) is 2.43. The van der Waals surface area contributed by atoms with Gasteiger partial charge in [-0.25, -0.2) is 0 Å². The van der Waals surface area contributed by atoms with Crippen LogP contribution in [0.15, 0.2) is 24.3 Å². The van der Waals surface area contributed by atoms with E-state index in [1.165, 1.54) is 0 Å². The Balaban J connectivity index is 2.10. The highest BCUT2D eigenvalue weighted by Gasteiger charge is 2.40. The van der Waals surface area contributed by atoms with E-state index < -0.39 is 5.54 Å². The number of hydrogen-bond donors (Lipinski definition) is 2. The molecule has 0 heterocycles. The van der Waals surface area contributed by atoms with Crippen molar-refractivity contribution in [2.45, 2.75) is 38.6 Å². The van der Waals surface area contributed by atoms with E-state index in [-0.39, 0.29) is 11.8 Å². The second-order valence-electron chi connectivity index (χ2n) is 5.52. The summed E-state index contributed by atoms with van der Waals surface area (Å²) in [5, 5.41) is 2.82. The van der Waals surface area contributed by atoms with Crippen molar-refractivity contribution in [1.29, 1.82) is 0 Å². The molecule has 0 aliphatic heterocycles. The van der Waals surface area contributed by atoms with E-state index in [9.17, 15) is 9.59 Å². The average Bonchev–Trinajstić information content (AvgIpc) is 2.46. The van der Waals surface area contributed by atoms with Gasteiger partial charge >= 0.3 is 0 Å². The number of carbonyl (C=O) groups is 2. The minimum atomic E-state index is -0.737. The van der Waals surface area contributed by atoms with Gasteiger partial charge in [-0.15, -0.1) is 0 Å². The Morgan fingerprint density at radius 1 is 1.29 bits per heavy atom. The van der Waals surface area contributed by atoms with Crippen molar-refractivity contribution in [2.75, 3.05) is 18.4 Å². The Morgan fingerprint density at radius 3 is 2.48 bits per heavy atom. The number of nitrogens with one attached hydrogen (secondary N) is 1. The third kappa shape index (κ3) is 3.24. The predicted molar refractivity (Wildman–Crippen MR) is 83.1 cm³/mol. The molecule has 0 radical (unpaired) electrons. The van der Waals surface area contributed by atoms with Crippen LogP contribution in [0.1, 0.15) is 43.5 Å². The first-order valence-corrected chi connectivity index (χ1v) is 7.50. The molecule has 1 aromatic carbocycles. The number of rotatable bonds is 5. The number of amides is 2. The van der Waals surface area contributed by atoms with Gasteiger partial charge in [0.2, 0.25) is 5.91 Å². The quantitative estimate of drug-likeness (QED) is 0.870. The minimum absolute atomic E-state index is 0.0257. The molecule has 0 saturated heterocycles. The lowest BCUT2D eigenvalue weighted by atomic mass is 9.77.